The van der Waals surface area contributed by atoms with E-state index in [1.54, 1.807) is 11.3 Å². The van der Waals surface area contributed by atoms with Crippen LogP contribution >= 0.6 is 11.3 Å². The fourth-order valence-corrected chi connectivity index (χ4v) is 3.06. The molecule has 17 heavy (non-hydrogen) atoms. The van der Waals surface area contributed by atoms with Crippen LogP contribution in [0.2, 0.25) is 0 Å². The molecule has 0 amide bonds. The molecule has 88 valence electrons. The third-order valence-electron chi connectivity index (χ3n) is 3.25. The van der Waals surface area contributed by atoms with Crippen LogP contribution in [0.15, 0.2) is 29.0 Å². The second kappa shape index (κ2) is 4.26. The molecular weight excluding hydrogens is 232 g/mol. The average Bonchev–Trinajstić information content (AvgIpc) is 2.95. The number of hydrogen-bond acceptors (Lipinski definition) is 3. The first-order valence-electron chi connectivity index (χ1n) is 5.66. The van der Waals surface area contributed by atoms with Crippen molar-refractivity contribution in [2.45, 2.75) is 26.2 Å². The fraction of sp³-hybridized carbons (Fsp3) is 0.286. The number of hydrogen-bond donors (Lipinski definition) is 1. The van der Waals surface area contributed by atoms with E-state index in [1.165, 1.54) is 11.1 Å². The smallest absolute Gasteiger partial charge is 0.105 e. The molecular formula is C14H14O2S. The maximum atomic E-state index is 10.4. The molecule has 0 saturated heterocycles. The lowest BCUT2D eigenvalue weighted by Gasteiger charge is -2.12. The third kappa shape index (κ3) is 1.90. The van der Waals surface area contributed by atoms with E-state index in [9.17, 15) is 5.11 Å². The van der Waals surface area contributed by atoms with Gasteiger partial charge < -0.3 is 9.84 Å². The lowest BCUT2D eigenvalue weighted by Crippen LogP contribution is -2.00. The van der Waals surface area contributed by atoms with Gasteiger partial charge >= 0.3 is 0 Å². The summed E-state index contributed by atoms with van der Waals surface area (Å²) in [6.45, 7) is 3.40. The SMILES string of the molecule is Cc1cscc1C(O)c1ccc2c(c1)COC2. The first-order valence-corrected chi connectivity index (χ1v) is 6.60. The highest BCUT2D eigenvalue weighted by Crippen LogP contribution is 2.30. The van der Waals surface area contributed by atoms with Gasteiger partial charge in [0.05, 0.1) is 13.2 Å². The molecule has 3 heteroatoms. The fourth-order valence-electron chi connectivity index (χ4n) is 2.19. The van der Waals surface area contributed by atoms with Gasteiger partial charge in [0.15, 0.2) is 0 Å². The molecule has 1 aliphatic rings. The quantitative estimate of drug-likeness (QED) is 0.882. The van der Waals surface area contributed by atoms with E-state index < -0.39 is 6.10 Å². The van der Waals surface area contributed by atoms with Gasteiger partial charge in [-0.25, -0.2) is 0 Å². The summed E-state index contributed by atoms with van der Waals surface area (Å²) < 4.78 is 5.38. The van der Waals surface area contributed by atoms with Crippen molar-refractivity contribution < 1.29 is 9.84 Å². The topological polar surface area (TPSA) is 29.5 Å². The largest absolute Gasteiger partial charge is 0.384 e. The van der Waals surface area contributed by atoms with Crippen LogP contribution in [0.25, 0.3) is 0 Å². The Bertz CT molecular complexity index is 545. The number of rotatable bonds is 2. The van der Waals surface area contributed by atoms with Gasteiger partial charge in [-0.05, 0) is 45.5 Å². The molecule has 2 nitrogen and oxygen atoms in total. The Balaban J connectivity index is 1.97. The molecule has 0 spiro atoms. The summed E-state index contributed by atoms with van der Waals surface area (Å²) in [4.78, 5) is 0. The van der Waals surface area contributed by atoms with Crippen molar-refractivity contribution >= 4 is 11.3 Å². The maximum Gasteiger partial charge on any atom is 0.105 e. The molecule has 0 fully saturated rings. The standard InChI is InChI=1S/C14H14O2S/c1-9-7-17-8-13(9)14(15)10-2-3-11-5-16-6-12(11)4-10/h2-4,7-8,14-15H,5-6H2,1H3. The highest BCUT2D eigenvalue weighted by molar-refractivity contribution is 7.08. The molecule has 1 aromatic heterocycles. The van der Waals surface area contributed by atoms with Crippen LogP contribution < -0.4 is 0 Å². The number of benzene rings is 1. The second-order valence-electron chi connectivity index (χ2n) is 4.43. The summed E-state index contributed by atoms with van der Waals surface area (Å²) in [6.07, 6.45) is -0.521. The maximum absolute atomic E-state index is 10.4. The highest BCUT2D eigenvalue weighted by Gasteiger charge is 2.17. The summed E-state index contributed by atoms with van der Waals surface area (Å²) >= 11 is 1.63. The molecule has 0 radical (unpaired) electrons. The molecule has 0 bridgehead atoms. The predicted molar refractivity (Wildman–Crippen MR) is 68.1 cm³/mol. The van der Waals surface area contributed by atoms with Crippen molar-refractivity contribution in [1.29, 1.82) is 0 Å². The minimum atomic E-state index is -0.521. The van der Waals surface area contributed by atoms with Crippen LogP contribution in [0.3, 0.4) is 0 Å². The molecule has 3 rings (SSSR count). The van der Waals surface area contributed by atoms with Gasteiger partial charge in [-0.3, -0.25) is 0 Å². The van der Waals surface area contributed by atoms with Crippen molar-refractivity contribution in [1.82, 2.24) is 0 Å². The number of thiophene rings is 1. The first-order chi connectivity index (χ1) is 8.25. The van der Waals surface area contributed by atoms with Crippen molar-refractivity contribution in [3.63, 3.8) is 0 Å². The van der Waals surface area contributed by atoms with E-state index in [0.29, 0.717) is 13.2 Å². The molecule has 1 aromatic carbocycles. The van der Waals surface area contributed by atoms with Gasteiger partial charge in [-0.2, -0.15) is 11.3 Å². The Morgan fingerprint density at radius 2 is 2.06 bits per heavy atom. The van der Waals surface area contributed by atoms with Crippen LogP contribution in [-0.2, 0) is 18.0 Å². The molecule has 1 atom stereocenters. The monoisotopic (exact) mass is 246 g/mol. The first kappa shape index (κ1) is 11.0. The Kier molecular flexibility index (Phi) is 2.74. The van der Waals surface area contributed by atoms with Gasteiger partial charge in [0, 0.05) is 0 Å². The van der Waals surface area contributed by atoms with Crippen molar-refractivity contribution in [2.24, 2.45) is 0 Å². The van der Waals surface area contributed by atoms with E-state index in [0.717, 1.165) is 16.7 Å². The molecule has 0 aliphatic carbocycles. The Morgan fingerprint density at radius 3 is 2.82 bits per heavy atom. The van der Waals surface area contributed by atoms with E-state index in [2.05, 4.69) is 17.5 Å². The number of ether oxygens (including phenoxy) is 1. The summed E-state index contributed by atoms with van der Waals surface area (Å²) in [5.74, 6) is 0. The van der Waals surface area contributed by atoms with Gasteiger partial charge in [-0.15, -0.1) is 0 Å². The lowest BCUT2D eigenvalue weighted by atomic mass is 9.98. The third-order valence-corrected chi connectivity index (χ3v) is 4.13. The van der Waals surface area contributed by atoms with E-state index >= 15 is 0 Å². The average molecular weight is 246 g/mol. The van der Waals surface area contributed by atoms with E-state index in [4.69, 9.17) is 4.74 Å². The van der Waals surface area contributed by atoms with Crippen LogP contribution in [-0.4, -0.2) is 5.11 Å². The number of aryl methyl sites for hydroxylation is 1. The minimum Gasteiger partial charge on any atom is -0.384 e. The molecule has 1 unspecified atom stereocenters. The summed E-state index contributed by atoms with van der Waals surface area (Å²) in [7, 11) is 0. The molecule has 2 heterocycles. The Hall–Kier alpha value is -1.16. The van der Waals surface area contributed by atoms with Crippen molar-refractivity contribution in [3.8, 4) is 0 Å². The highest BCUT2D eigenvalue weighted by atomic mass is 32.1. The van der Waals surface area contributed by atoms with Gasteiger partial charge in [-0.1, -0.05) is 18.2 Å². The predicted octanol–water partition coefficient (Wildman–Crippen LogP) is 3.17. The zero-order valence-corrected chi connectivity index (χ0v) is 10.5. The van der Waals surface area contributed by atoms with Gasteiger partial charge in [0.2, 0.25) is 0 Å². The zero-order chi connectivity index (χ0) is 11.8. The van der Waals surface area contributed by atoms with Crippen LogP contribution in [0.1, 0.15) is 33.9 Å². The molecule has 1 N–H and O–H groups in total. The van der Waals surface area contributed by atoms with Gasteiger partial charge in [0.25, 0.3) is 0 Å². The number of fused-ring (bicyclic) bond motifs is 1. The van der Waals surface area contributed by atoms with Crippen LogP contribution in [0.5, 0.6) is 0 Å². The molecule has 1 aliphatic heterocycles. The Morgan fingerprint density at radius 1 is 1.24 bits per heavy atom. The summed E-state index contributed by atoms with van der Waals surface area (Å²) in [6, 6.07) is 6.11. The molecule has 0 saturated carbocycles. The Labute approximate surface area is 104 Å². The van der Waals surface area contributed by atoms with Crippen molar-refractivity contribution in [2.75, 3.05) is 0 Å². The van der Waals surface area contributed by atoms with E-state index in [1.807, 2.05) is 18.4 Å². The summed E-state index contributed by atoms with van der Waals surface area (Å²) in [5, 5.41) is 14.4. The van der Waals surface area contributed by atoms with Crippen molar-refractivity contribution in [3.05, 3.63) is 56.8 Å². The molecule has 2 aromatic rings. The second-order valence-corrected chi connectivity index (χ2v) is 5.18. The van der Waals surface area contributed by atoms with Crippen LogP contribution in [0, 0.1) is 6.92 Å². The number of aliphatic hydroxyl groups excluding tert-OH is 1. The van der Waals surface area contributed by atoms with E-state index in [-0.39, 0.29) is 0 Å². The number of aliphatic hydroxyl groups is 1. The zero-order valence-electron chi connectivity index (χ0n) is 9.64. The normalized spacial score (nSPS) is 15.9. The van der Waals surface area contributed by atoms with Gasteiger partial charge in [0.1, 0.15) is 6.10 Å². The minimum absolute atomic E-state index is 0.521. The summed E-state index contributed by atoms with van der Waals surface area (Å²) in [5.41, 5.74) is 5.56. The van der Waals surface area contributed by atoms with Crippen LogP contribution in [0.4, 0.5) is 0 Å². The lowest BCUT2D eigenvalue weighted by molar-refractivity contribution is 0.134.